The van der Waals surface area contributed by atoms with Gasteiger partial charge in [-0.15, -0.1) is 6.42 Å². The molecule has 0 spiro atoms. The molecule has 3 heterocycles. The molecule has 0 radical (unpaired) electrons. The highest BCUT2D eigenvalue weighted by molar-refractivity contribution is 5.90. The van der Waals surface area contributed by atoms with Crippen molar-refractivity contribution in [2.45, 2.75) is 30.8 Å². The fourth-order valence-corrected chi connectivity index (χ4v) is 3.11. The van der Waals surface area contributed by atoms with Crippen LogP contribution in [0.3, 0.4) is 0 Å². The molecule has 7 heteroatoms. The van der Waals surface area contributed by atoms with Crippen molar-refractivity contribution in [3.8, 4) is 23.8 Å². The van der Waals surface area contributed by atoms with Crippen LogP contribution in [0, 0.1) is 12.3 Å². The number of benzene rings is 1. The number of urea groups is 1. The lowest BCUT2D eigenvalue weighted by Crippen LogP contribution is -2.48. The summed E-state index contributed by atoms with van der Waals surface area (Å²) in [6, 6.07) is 4.47. The SMILES string of the molecule is C#CC1O[C@@H]2CCO[C@@H]2[C@H]1NC(=O)Nc1ccc2c(c1)OCO2. The van der Waals surface area contributed by atoms with Gasteiger partial charge in [-0.05, 0) is 18.6 Å². The third-order valence-corrected chi connectivity index (χ3v) is 4.17. The third-order valence-electron chi connectivity index (χ3n) is 4.17. The van der Waals surface area contributed by atoms with E-state index in [1.807, 2.05) is 0 Å². The minimum Gasteiger partial charge on any atom is -0.454 e. The average molecular weight is 316 g/mol. The number of carbonyl (C=O) groups is 1. The minimum absolute atomic E-state index is 0.0492. The zero-order chi connectivity index (χ0) is 15.8. The maximum absolute atomic E-state index is 12.2. The van der Waals surface area contributed by atoms with Crippen LogP contribution in [0.2, 0.25) is 0 Å². The Labute approximate surface area is 133 Å². The Morgan fingerprint density at radius 3 is 3.04 bits per heavy atom. The van der Waals surface area contributed by atoms with Gasteiger partial charge in [0, 0.05) is 18.4 Å². The fourth-order valence-electron chi connectivity index (χ4n) is 3.11. The Balaban J connectivity index is 1.42. The van der Waals surface area contributed by atoms with E-state index in [1.54, 1.807) is 18.2 Å². The van der Waals surface area contributed by atoms with Crippen molar-refractivity contribution in [3.63, 3.8) is 0 Å². The van der Waals surface area contributed by atoms with Gasteiger partial charge in [-0.2, -0.15) is 0 Å². The topological polar surface area (TPSA) is 78.1 Å². The molecule has 7 nitrogen and oxygen atoms in total. The molecule has 2 saturated heterocycles. The van der Waals surface area contributed by atoms with E-state index in [0.717, 1.165) is 6.42 Å². The first-order valence-corrected chi connectivity index (χ1v) is 7.45. The Hall–Kier alpha value is -2.43. The van der Waals surface area contributed by atoms with Crippen LogP contribution in [-0.4, -0.2) is 43.8 Å². The molecule has 0 saturated carbocycles. The molecule has 4 rings (SSSR count). The van der Waals surface area contributed by atoms with Gasteiger partial charge in [0.15, 0.2) is 11.5 Å². The summed E-state index contributed by atoms with van der Waals surface area (Å²) in [5, 5.41) is 5.61. The van der Waals surface area contributed by atoms with Gasteiger partial charge in [0.25, 0.3) is 0 Å². The summed E-state index contributed by atoms with van der Waals surface area (Å²) in [7, 11) is 0. The van der Waals surface area contributed by atoms with Crippen LogP contribution < -0.4 is 20.1 Å². The molecule has 1 aromatic carbocycles. The number of hydrogen-bond acceptors (Lipinski definition) is 5. The summed E-state index contributed by atoms with van der Waals surface area (Å²) in [6.07, 6.45) is 5.56. The normalized spacial score (nSPS) is 30.6. The predicted molar refractivity (Wildman–Crippen MR) is 80.4 cm³/mol. The van der Waals surface area contributed by atoms with Crippen molar-refractivity contribution in [2.75, 3.05) is 18.7 Å². The molecule has 120 valence electrons. The standard InChI is InChI=1S/C16H16N2O5/c1-2-10-14(15-12(23-10)5-6-20-15)18-16(19)17-9-3-4-11-13(7-9)22-8-21-11/h1,3-4,7,10,12,14-15H,5-6,8H2,(H2,17,18,19)/t10?,12-,14+,15+/m1/s1. The van der Waals surface area contributed by atoms with Gasteiger partial charge >= 0.3 is 6.03 Å². The highest BCUT2D eigenvalue weighted by Gasteiger charge is 2.48. The summed E-state index contributed by atoms with van der Waals surface area (Å²) in [5.41, 5.74) is 0.604. The Morgan fingerprint density at radius 1 is 1.30 bits per heavy atom. The van der Waals surface area contributed by atoms with E-state index < -0.39 is 6.10 Å². The molecule has 2 N–H and O–H groups in total. The van der Waals surface area contributed by atoms with E-state index >= 15 is 0 Å². The van der Waals surface area contributed by atoms with Crippen LogP contribution in [0.15, 0.2) is 18.2 Å². The van der Waals surface area contributed by atoms with Crippen LogP contribution in [0.5, 0.6) is 11.5 Å². The second-order valence-electron chi connectivity index (χ2n) is 5.58. The van der Waals surface area contributed by atoms with Gasteiger partial charge in [-0.3, -0.25) is 0 Å². The lowest BCUT2D eigenvalue weighted by molar-refractivity contribution is 0.0589. The molecule has 4 atom stereocenters. The molecule has 0 aromatic heterocycles. The monoisotopic (exact) mass is 316 g/mol. The molecule has 1 aromatic rings. The maximum Gasteiger partial charge on any atom is 0.319 e. The van der Waals surface area contributed by atoms with E-state index in [1.165, 1.54) is 0 Å². The number of terminal acetylenes is 1. The van der Waals surface area contributed by atoms with E-state index in [2.05, 4.69) is 16.6 Å². The number of ether oxygens (including phenoxy) is 4. The first-order chi connectivity index (χ1) is 11.2. The summed E-state index contributed by atoms with van der Waals surface area (Å²) < 4.78 is 21.9. The van der Waals surface area contributed by atoms with Gasteiger partial charge in [-0.1, -0.05) is 5.92 Å². The molecule has 0 aliphatic carbocycles. The smallest absolute Gasteiger partial charge is 0.319 e. The highest BCUT2D eigenvalue weighted by atomic mass is 16.7. The summed E-state index contributed by atoms with van der Waals surface area (Å²) in [4.78, 5) is 12.2. The molecule has 0 bridgehead atoms. The number of nitrogens with one attached hydrogen (secondary N) is 2. The predicted octanol–water partition coefficient (Wildman–Crippen LogP) is 1.09. The molecule has 2 amide bonds. The van der Waals surface area contributed by atoms with Crippen LogP contribution in [0.25, 0.3) is 0 Å². The average Bonchev–Trinajstić information content (AvgIpc) is 3.23. The molecule has 3 aliphatic heterocycles. The lowest BCUT2D eigenvalue weighted by Gasteiger charge is -2.20. The first kappa shape index (κ1) is 14.2. The second kappa shape index (κ2) is 5.65. The number of amides is 2. The molecule has 23 heavy (non-hydrogen) atoms. The lowest BCUT2D eigenvalue weighted by atomic mass is 10.1. The quantitative estimate of drug-likeness (QED) is 0.799. The summed E-state index contributed by atoms with van der Waals surface area (Å²) in [5.74, 6) is 3.83. The molecule has 2 fully saturated rings. The van der Waals surface area contributed by atoms with Crippen molar-refractivity contribution in [2.24, 2.45) is 0 Å². The van der Waals surface area contributed by atoms with Crippen LogP contribution in [0.1, 0.15) is 6.42 Å². The molecule has 1 unspecified atom stereocenters. The summed E-state index contributed by atoms with van der Waals surface area (Å²) in [6.45, 7) is 0.809. The molecular formula is C16H16N2O5. The van der Waals surface area contributed by atoms with Gasteiger partial charge < -0.3 is 29.6 Å². The largest absolute Gasteiger partial charge is 0.454 e. The van der Waals surface area contributed by atoms with E-state index in [4.69, 9.17) is 25.4 Å². The van der Waals surface area contributed by atoms with Crippen LogP contribution in [0.4, 0.5) is 10.5 Å². The number of rotatable bonds is 2. The van der Waals surface area contributed by atoms with Crippen molar-refractivity contribution >= 4 is 11.7 Å². The van der Waals surface area contributed by atoms with E-state index in [0.29, 0.717) is 23.8 Å². The van der Waals surface area contributed by atoms with Gasteiger partial charge in [0.05, 0.1) is 12.1 Å². The Kier molecular flexibility index (Phi) is 3.48. The second-order valence-corrected chi connectivity index (χ2v) is 5.58. The van der Waals surface area contributed by atoms with E-state index in [-0.39, 0.29) is 31.1 Å². The molecular weight excluding hydrogens is 300 g/mol. The van der Waals surface area contributed by atoms with Crippen molar-refractivity contribution in [3.05, 3.63) is 18.2 Å². The van der Waals surface area contributed by atoms with Crippen molar-refractivity contribution < 1.29 is 23.7 Å². The van der Waals surface area contributed by atoms with Crippen LogP contribution in [-0.2, 0) is 9.47 Å². The zero-order valence-corrected chi connectivity index (χ0v) is 12.3. The highest BCUT2D eigenvalue weighted by Crippen LogP contribution is 2.34. The number of fused-ring (bicyclic) bond motifs is 2. The number of carbonyl (C=O) groups excluding carboxylic acids is 1. The third kappa shape index (κ3) is 2.56. The zero-order valence-electron chi connectivity index (χ0n) is 12.3. The van der Waals surface area contributed by atoms with Crippen molar-refractivity contribution in [1.29, 1.82) is 0 Å². The Morgan fingerprint density at radius 2 is 2.17 bits per heavy atom. The molecule has 3 aliphatic rings. The van der Waals surface area contributed by atoms with Gasteiger partial charge in [-0.25, -0.2) is 4.79 Å². The van der Waals surface area contributed by atoms with E-state index in [9.17, 15) is 4.79 Å². The summed E-state index contributed by atoms with van der Waals surface area (Å²) >= 11 is 0. The fraction of sp³-hybridized carbons (Fsp3) is 0.438. The number of hydrogen-bond donors (Lipinski definition) is 2. The van der Waals surface area contributed by atoms with Gasteiger partial charge in [0.1, 0.15) is 12.2 Å². The maximum atomic E-state index is 12.2. The first-order valence-electron chi connectivity index (χ1n) is 7.45. The number of anilines is 1. The Bertz CT molecular complexity index is 671. The minimum atomic E-state index is -0.479. The van der Waals surface area contributed by atoms with Gasteiger partial charge in [0.2, 0.25) is 6.79 Å². The van der Waals surface area contributed by atoms with Crippen LogP contribution >= 0.6 is 0 Å². The van der Waals surface area contributed by atoms with Crippen molar-refractivity contribution in [1.82, 2.24) is 5.32 Å².